The van der Waals surface area contributed by atoms with Gasteiger partial charge in [0.05, 0.1) is 21.1 Å². The van der Waals surface area contributed by atoms with E-state index in [4.69, 9.17) is 16.3 Å². The summed E-state index contributed by atoms with van der Waals surface area (Å²) in [5.41, 5.74) is 0. The van der Waals surface area contributed by atoms with Crippen LogP contribution >= 0.6 is 24.0 Å². The van der Waals surface area contributed by atoms with Gasteiger partial charge in [0.15, 0.2) is 0 Å². The third-order valence-corrected chi connectivity index (χ3v) is 1.35. The molecule has 0 aliphatic carbocycles. The summed E-state index contributed by atoms with van der Waals surface area (Å²) < 4.78 is 5.57. The molecule has 3 nitrogen and oxygen atoms in total. The van der Waals surface area contributed by atoms with Gasteiger partial charge in [-0.3, -0.25) is 4.79 Å². The van der Waals surface area contributed by atoms with Gasteiger partial charge in [0.1, 0.15) is 19.0 Å². The van der Waals surface area contributed by atoms with Gasteiger partial charge < -0.3 is 9.22 Å². The van der Waals surface area contributed by atoms with Crippen molar-refractivity contribution in [3.8, 4) is 0 Å². The number of esters is 1. The van der Waals surface area contributed by atoms with E-state index in [2.05, 4.69) is 0 Å². The Bertz CT molecular complexity index is 139. The predicted octanol–water partition coefficient (Wildman–Crippen LogP) is 0.248. The van der Waals surface area contributed by atoms with Crippen LogP contribution in [0.4, 0.5) is 0 Å². The summed E-state index contributed by atoms with van der Waals surface area (Å²) in [5.74, 6) is -0.406. The quantitative estimate of drug-likeness (QED) is 0.305. The molecular formula is C7H17Cl2NNaO2+. The number of rotatable bonds is 4. The molecule has 0 radical (unpaired) electrons. The van der Waals surface area contributed by atoms with E-state index >= 15 is 0 Å². The fourth-order valence-electron chi connectivity index (χ4n) is 0.472. The van der Waals surface area contributed by atoms with E-state index in [1.54, 1.807) is 0 Å². The summed E-state index contributed by atoms with van der Waals surface area (Å²) in [6.45, 7) is 1.25. The predicted molar refractivity (Wildman–Crippen MR) is 59.0 cm³/mol. The monoisotopic (exact) mass is 240 g/mol. The Morgan fingerprint density at radius 2 is 1.85 bits per heavy atom. The molecular weight excluding hydrogens is 224 g/mol. The summed E-state index contributed by atoms with van der Waals surface area (Å²) in [6.07, 6.45) is 0. The number of halogens is 2. The number of alkyl halides is 1. The van der Waals surface area contributed by atoms with E-state index in [9.17, 15) is 4.79 Å². The van der Waals surface area contributed by atoms with Crippen LogP contribution in [-0.2, 0) is 9.53 Å². The Labute approximate surface area is 113 Å². The molecule has 6 heteroatoms. The Balaban J connectivity index is -0.000000500. The molecule has 0 aromatic carbocycles. The Hall–Kier alpha value is 1.01. The van der Waals surface area contributed by atoms with Crippen molar-refractivity contribution in [2.75, 3.05) is 40.2 Å². The first-order chi connectivity index (χ1) is 4.95. The molecule has 0 saturated heterocycles. The average molecular weight is 241 g/mol. The molecule has 0 spiro atoms. The van der Waals surface area contributed by atoms with E-state index < -0.39 is 0 Å². The van der Waals surface area contributed by atoms with Crippen molar-refractivity contribution in [2.24, 2.45) is 0 Å². The van der Waals surface area contributed by atoms with Crippen LogP contribution < -0.4 is 0 Å². The summed E-state index contributed by atoms with van der Waals surface area (Å²) >= 11 is 5.22. The zero-order valence-corrected chi connectivity index (χ0v) is 9.24. The third kappa shape index (κ3) is 15.7. The van der Waals surface area contributed by atoms with Gasteiger partial charge in [0, 0.05) is 0 Å². The van der Waals surface area contributed by atoms with E-state index in [0.29, 0.717) is 6.61 Å². The van der Waals surface area contributed by atoms with Crippen LogP contribution in [0.3, 0.4) is 0 Å². The molecule has 13 heavy (non-hydrogen) atoms. The third-order valence-electron chi connectivity index (χ3n) is 1.13. The fourth-order valence-corrected chi connectivity index (χ4v) is 0.549. The summed E-state index contributed by atoms with van der Waals surface area (Å²) in [6, 6.07) is 0. The van der Waals surface area contributed by atoms with Crippen LogP contribution in [0, 0.1) is 0 Å². The standard InChI is InChI=1S/C7H15ClNO2.ClH.Na.H/c1-9(2,3)4-5-11-7(10)6-8;;;/h4-6H2,1-3H3;1H;;/q+1;;;. The number of hydrogen-bond acceptors (Lipinski definition) is 2. The topological polar surface area (TPSA) is 26.3 Å². The maximum atomic E-state index is 10.5. The van der Waals surface area contributed by atoms with Gasteiger partial charge in [-0.15, -0.1) is 24.0 Å². The molecule has 0 saturated carbocycles. The van der Waals surface area contributed by atoms with Gasteiger partial charge in [-0.1, -0.05) is 0 Å². The van der Waals surface area contributed by atoms with Crippen molar-refractivity contribution < 1.29 is 14.0 Å². The van der Waals surface area contributed by atoms with Crippen molar-refractivity contribution in [3.05, 3.63) is 0 Å². The first-order valence-corrected chi connectivity index (χ1v) is 4.01. The molecule has 0 unspecified atom stereocenters. The number of hydrogen-bond donors (Lipinski definition) is 0. The summed E-state index contributed by atoms with van der Waals surface area (Å²) in [7, 11) is 6.11. The van der Waals surface area contributed by atoms with Crippen molar-refractivity contribution in [2.45, 2.75) is 0 Å². The average Bonchev–Trinajstić information content (AvgIpc) is 1.85. The first-order valence-electron chi connectivity index (χ1n) is 3.48. The number of ether oxygens (including phenoxy) is 1. The van der Waals surface area contributed by atoms with E-state index in [1.807, 2.05) is 21.1 Å². The molecule has 0 amide bonds. The van der Waals surface area contributed by atoms with E-state index in [0.717, 1.165) is 11.0 Å². The molecule has 0 fully saturated rings. The van der Waals surface area contributed by atoms with Crippen molar-refractivity contribution >= 4 is 59.5 Å². The van der Waals surface area contributed by atoms with Crippen LogP contribution in [-0.4, -0.2) is 80.2 Å². The van der Waals surface area contributed by atoms with Crippen LogP contribution in [0.25, 0.3) is 0 Å². The molecule has 0 aliphatic heterocycles. The number of carbonyl (C=O) groups excluding carboxylic acids is 1. The minimum atomic E-state index is -0.347. The van der Waals surface area contributed by atoms with Crippen LogP contribution in [0.1, 0.15) is 0 Å². The van der Waals surface area contributed by atoms with Gasteiger partial charge >= 0.3 is 35.5 Å². The van der Waals surface area contributed by atoms with Crippen molar-refractivity contribution in [1.29, 1.82) is 0 Å². The zero-order valence-electron chi connectivity index (χ0n) is 7.67. The maximum absolute atomic E-state index is 10.5. The molecule has 0 aromatic rings. The molecule has 0 aliphatic rings. The second kappa shape index (κ2) is 9.56. The normalized spacial score (nSPS) is 9.54. The van der Waals surface area contributed by atoms with Crippen LogP contribution in [0.15, 0.2) is 0 Å². The molecule has 0 atom stereocenters. The fraction of sp³-hybridized carbons (Fsp3) is 0.857. The number of nitrogens with zero attached hydrogens (tertiary/aromatic N) is 1. The van der Waals surface area contributed by atoms with E-state index in [-0.39, 0.29) is 53.8 Å². The molecule has 0 heterocycles. The second-order valence-electron chi connectivity index (χ2n) is 3.37. The first kappa shape index (κ1) is 19.6. The van der Waals surface area contributed by atoms with Gasteiger partial charge in [0.2, 0.25) is 0 Å². The minimum absolute atomic E-state index is 0. The van der Waals surface area contributed by atoms with Crippen LogP contribution in [0.5, 0.6) is 0 Å². The van der Waals surface area contributed by atoms with Gasteiger partial charge in [-0.05, 0) is 0 Å². The Morgan fingerprint density at radius 3 is 2.15 bits per heavy atom. The number of carbonyl (C=O) groups is 1. The number of likely N-dealkylation sites (N-methyl/N-ethyl adjacent to an activating group) is 1. The second-order valence-corrected chi connectivity index (χ2v) is 3.64. The molecule has 0 N–H and O–H groups in total. The van der Waals surface area contributed by atoms with Gasteiger partial charge in [-0.2, -0.15) is 0 Å². The SMILES string of the molecule is C[N+](C)(C)CCOC(=O)CCl.Cl.[NaH]. The van der Waals surface area contributed by atoms with E-state index in [1.165, 1.54) is 0 Å². The molecule has 0 bridgehead atoms. The molecule has 76 valence electrons. The molecule has 0 aromatic heterocycles. The molecule has 0 rings (SSSR count). The van der Waals surface area contributed by atoms with Crippen LogP contribution in [0.2, 0.25) is 0 Å². The van der Waals surface area contributed by atoms with Crippen molar-refractivity contribution in [3.63, 3.8) is 0 Å². The Kier molecular flexibility index (Phi) is 14.4. The summed E-state index contributed by atoms with van der Waals surface area (Å²) in [4.78, 5) is 10.5. The van der Waals surface area contributed by atoms with Gasteiger partial charge in [0.25, 0.3) is 0 Å². The Morgan fingerprint density at radius 1 is 1.38 bits per heavy atom. The number of quaternary nitrogens is 1. The van der Waals surface area contributed by atoms with Gasteiger partial charge in [-0.25, -0.2) is 0 Å². The zero-order chi connectivity index (χ0) is 8.91. The summed E-state index contributed by atoms with van der Waals surface area (Å²) in [5, 5.41) is 0. The van der Waals surface area contributed by atoms with Crippen molar-refractivity contribution in [1.82, 2.24) is 0 Å².